The third-order valence-corrected chi connectivity index (χ3v) is 2.89. The van der Waals surface area contributed by atoms with E-state index in [1.807, 2.05) is 19.1 Å². The van der Waals surface area contributed by atoms with Crippen molar-refractivity contribution in [3.8, 4) is 0 Å². The number of ether oxygens (including phenoxy) is 1. The molecular weight excluding hydrogens is 242 g/mol. The second kappa shape index (κ2) is 7.56. The molecule has 0 amide bonds. The molecule has 0 saturated carbocycles. The number of carbonyl (C=O) groups excluding carboxylic acids is 2. The van der Waals surface area contributed by atoms with Gasteiger partial charge >= 0.3 is 11.9 Å². The van der Waals surface area contributed by atoms with Crippen LogP contribution in [0.4, 0.5) is 5.69 Å². The van der Waals surface area contributed by atoms with Crippen molar-refractivity contribution < 1.29 is 14.3 Å². The Kier molecular flexibility index (Phi) is 6.06. The molecule has 0 bridgehead atoms. The van der Waals surface area contributed by atoms with Crippen molar-refractivity contribution in [2.45, 2.75) is 33.6 Å². The Bertz CT molecular complexity index is 422. The van der Waals surface area contributed by atoms with Gasteiger partial charge in [-0.15, -0.1) is 0 Å². The zero-order valence-corrected chi connectivity index (χ0v) is 11.8. The van der Waals surface area contributed by atoms with E-state index in [1.54, 1.807) is 12.1 Å². The zero-order chi connectivity index (χ0) is 14.3. The SMILES string of the molecule is CCCC(=O)OC(=O)c1ccc(N(CC)CC)cc1. The van der Waals surface area contributed by atoms with Gasteiger partial charge in [-0.25, -0.2) is 4.79 Å². The van der Waals surface area contributed by atoms with Crippen molar-refractivity contribution in [2.24, 2.45) is 0 Å². The molecule has 0 aromatic heterocycles. The summed E-state index contributed by atoms with van der Waals surface area (Å²) >= 11 is 0. The van der Waals surface area contributed by atoms with E-state index in [1.165, 1.54) is 0 Å². The lowest BCUT2D eigenvalue weighted by molar-refractivity contribution is -0.137. The van der Waals surface area contributed by atoms with Gasteiger partial charge in [0, 0.05) is 25.2 Å². The van der Waals surface area contributed by atoms with E-state index in [0.717, 1.165) is 18.8 Å². The van der Waals surface area contributed by atoms with Gasteiger partial charge in [-0.1, -0.05) is 6.92 Å². The van der Waals surface area contributed by atoms with Crippen LogP contribution in [0, 0.1) is 0 Å². The largest absolute Gasteiger partial charge is 0.389 e. The van der Waals surface area contributed by atoms with Crippen LogP contribution < -0.4 is 4.90 Å². The molecule has 0 aliphatic heterocycles. The highest BCUT2D eigenvalue weighted by Crippen LogP contribution is 2.15. The predicted octanol–water partition coefficient (Wildman–Crippen LogP) is 3.02. The number of nitrogens with zero attached hydrogens (tertiary/aromatic N) is 1. The molecule has 4 heteroatoms. The lowest BCUT2D eigenvalue weighted by atomic mass is 10.2. The van der Waals surface area contributed by atoms with Crippen LogP contribution in [0.3, 0.4) is 0 Å². The Morgan fingerprint density at radius 1 is 1.05 bits per heavy atom. The van der Waals surface area contributed by atoms with Crippen molar-refractivity contribution in [2.75, 3.05) is 18.0 Å². The molecule has 0 N–H and O–H groups in total. The van der Waals surface area contributed by atoms with E-state index in [-0.39, 0.29) is 6.42 Å². The van der Waals surface area contributed by atoms with Gasteiger partial charge in [-0.2, -0.15) is 0 Å². The first kappa shape index (κ1) is 15.2. The van der Waals surface area contributed by atoms with Gasteiger partial charge in [0.1, 0.15) is 0 Å². The first-order valence-corrected chi connectivity index (χ1v) is 6.72. The number of hydrogen-bond donors (Lipinski definition) is 0. The predicted molar refractivity (Wildman–Crippen MR) is 75.3 cm³/mol. The lowest BCUT2D eigenvalue weighted by Crippen LogP contribution is -2.21. The summed E-state index contributed by atoms with van der Waals surface area (Å²) in [6.45, 7) is 7.85. The molecule has 0 saturated heterocycles. The standard InChI is InChI=1S/C15H21NO3/c1-4-7-14(17)19-15(18)12-8-10-13(11-9-12)16(5-2)6-3/h8-11H,4-7H2,1-3H3. The fourth-order valence-corrected chi connectivity index (χ4v) is 1.81. The molecule has 1 aromatic carbocycles. The van der Waals surface area contributed by atoms with Crippen LogP contribution in [-0.2, 0) is 9.53 Å². The Hall–Kier alpha value is -1.84. The van der Waals surface area contributed by atoms with Crippen molar-refractivity contribution >= 4 is 17.6 Å². The van der Waals surface area contributed by atoms with E-state index >= 15 is 0 Å². The molecule has 104 valence electrons. The summed E-state index contributed by atoms with van der Waals surface area (Å²) < 4.78 is 4.74. The molecule has 0 aliphatic rings. The van der Waals surface area contributed by atoms with Crippen molar-refractivity contribution in [3.05, 3.63) is 29.8 Å². The highest BCUT2D eigenvalue weighted by atomic mass is 16.6. The lowest BCUT2D eigenvalue weighted by Gasteiger charge is -2.20. The second-order valence-electron chi connectivity index (χ2n) is 4.23. The number of anilines is 1. The Labute approximate surface area is 114 Å². The van der Waals surface area contributed by atoms with Gasteiger partial charge in [0.15, 0.2) is 0 Å². The summed E-state index contributed by atoms with van der Waals surface area (Å²) in [5.41, 5.74) is 1.46. The monoisotopic (exact) mass is 263 g/mol. The number of rotatable bonds is 6. The Morgan fingerprint density at radius 2 is 1.63 bits per heavy atom. The first-order chi connectivity index (χ1) is 9.12. The maximum atomic E-state index is 11.7. The molecule has 4 nitrogen and oxygen atoms in total. The minimum absolute atomic E-state index is 0.267. The first-order valence-electron chi connectivity index (χ1n) is 6.72. The number of benzene rings is 1. The quantitative estimate of drug-likeness (QED) is 0.584. The van der Waals surface area contributed by atoms with Gasteiger partial charge in [0.05, 0.1) is 5.56 Å². The van der Waals surface area contributed by atoms with Crippen LogP contribution in [0.15, 0.2) is 24.3 Å². The molecule has 0 unspecified atom stereocenters. The van der Waals surface area contributed by atoms with Crippen LogP contribution in [-0.4, -0.2) is 25.0 Å². The van der Waals surface area contributed by atoms with Crippen molar-refractivity contribution in [3.63, 3.8) is 0 Å². The van der Waals surface area contributed by atoms with Crippen LogP contribution in [0.2, 0.25) is 0 Å². The third-order valence-electron chi connectivity index (χ3n) is 2.89. The highest BCUT2D eigenvalue weighted by molar-refractivity contribution is 5.97. The van der Waals surface area contributed by atoms with Crippen LogP contribution in [0.25, 0.3) is 0 Å². The van der Waals surface area contributed by atoms with Gasteiger partial charge in [-0.3, -0.25) is 4.79 Å². The van der Waals surface area contributed by atoms with Gasteiger partial charge in [0.25, 0.3) is 0 Å². The molecule has 19 heavy (non-hydrogen) atoms. The normalized spacial score (nSPS) is 10.1. The number of esters is 2. The Morgan fingerprint density at radius 3 is 2.11 bits per heavy atom. The molecule has 0 heterocycles. The molecule has 0 radical (unpaired) electrons. The average Bonchev–Trinajstić information content (AvgIpc) is 2.41. The maximum absolute atomic E-state index is 11.7. The van der Waals surface area contributed by atoms with E-state index in [2.05, 4.69) is 18.7 Å². The van der Waals surface area contributed by atoms with E-state index in [9.17, 15) is 9.59 Å². The number of carbonyl (C=O) groups is 2. The fraction of sp³-hybridized carbons (Fsp3) is 0.467. The van der Waals surface area contributed by atoms with Crippen molar-refractivity contribution in [1.82, 2.24) is 0 Å². The van der Waals surface area contributed by atoms with Gasteiger partial charge in [-0.05, 0) is 44.5 Å². The molecule has 0 fully saturated rings. The summed E-state index contributed by atoms with van der Waals surface area (Å²) in [5, 5.41) is 0. The summed E-state index contributed by atoms with van der Waals surface area (Å²) in [6, 6.07) is 7.12. The molecule has 1 rings (SSSR count). The molecular formula is C15H21NO3. The molecule has 0 spiro atoms. The summed E-state index contributed by atoms with van der Waals surface area (Å²) in [5.74, 6) is -1.05. The average molecular weight is 263 g/mol. The Balaban J connectivity index is 2.70. The summed E-state index contributed by atoms with van der Waals surface area (Å²) in [7, 11) is 0. The zero-order valence-electron chi connectivity index (χ0n) is 11.8. The van der Waals surface area contributed by atoms with E-state index in [4.69, 9.17) is 4.74 Å². The minimum atomic E-state index is -0.579. The third kappa shape index (κ3) is 4.39. The van der Waals surface area contributed by atoms with Gasteiger partial charge < -0.3 is 9.64 Å². The van der Waals surface area contributed by atoms with Crippen LogP contribution in [0.5, 0.6) is 0 Å². The van der Waals surface area contributed by atoms with E-state index in [0.29, 0.717) is 12.0 Å². The second-order valence-corrected chi connectivity index (χ2v) is 4.23. The summed E-state index contributed by atoms with van der Waals surface area (Å²) in [4.78, 5) is 25.1. The molecule has 0 aliphatic carbocycles. The van der Waals surface area contributed by atoms with Crippen LogP contribution >= 0.6 is 0 Å². The maximum Gasteiger partial charge on any atom is 0.345 e. The molecule has 1 aromatic rings. The van der Waals surface area contributed by atoms with Gasteiger partial charge in [0.2, 0.25) is 0 Å². The van der Waals surface area contributed by atoms with Crippen LogP contribution in [0.1, 0.15) is 44.0 Å². The fourth-order valence-electron chi connectivity index (χ4n) is 1.81. The minimum Gasteiger partial charge on any atom is -0.389 e. The van der Waals surface area contributed by atoms with E-state index < -0.39 is 11.9 Å². The smallest absolute Gasteiger partial charge is 0.345 e. The number of hydrogen-bond acceptors (Lipinski definition) is 4. The van der Waals surface area contributed by atoms with Crippen molar-refractivity contribution in [1.29, 1.82) is 0 Å². The highest BCUT2D eigenvalue weighted by Gasteiger charge is 2.12. The summed E-state index contributed by atoms with van der Waals surface area (Å²) in [6.07, 6.45) is 0.941. The topological polar surface area (TPSA) is 46.6 Å². The molecule has 0 atom stereocenters.